The van der Waals surface area contributed by atoms with E-state index in [-0.39, 0.29) is 0 Å². The summed E-state index contributed by atoms with van der Waals surface area (Å²) in [6.45, 7) is 20.8. The number of hydrogen-bond donors (Lipinski definition) is 0. The number of likely N-dealkylation sites (tertiary alicyclic amines) is 1. The van der Waals surface area contributed by atoms with Gasteiger partial charge in [0.05, 0.1) is 0 Å². The second-order valence-corrected chi connectivity index (χ2v) is 7.74. The normalized spacial score (nSPS) is 30.4. The summed E-state index contributed by atoms with van der Waals surface area (Å²) in [6.07, 6.45) is 2.75. The summed E-state index contributed by atoms with van der Waals surface area (Å²) in [5, 5.41) is 0. The van der Waals surface area contributed by atoms with E-state index < -0.39 is 0 Å². The second-order valence-electron chi connectivity index (χ2n) is 7.74. The SMILES string of the molecule is CCC1CN(C(C)C)CCC1CN1CCN(C(C)C)CC1. The zero-order valence-corrected chi connectivity index (χ0v) is 15.0. The molecule has 21 heavy (non-hydrogen) atoms. The number of nitrogens with zero attached hydrogens (tertiary/aromatic N) is 3. The van der Waals surface area contributed by atoms with Gasteiger partial charge in [-0.2, -0.15) is 0 Å². The first-order chi connectivity index (χ1) is 10.0. The van der Waals surface area contributed by atoms with Gasteiger partial charge in [-0.05, 0) is 52.5 Å². The van der Waals surface area contributed by atoms with Crippen LogP contribution in [0.4, 0.5) is 0 Å². The summed E-state index contributed by atoms with van der Waals surface area (Å²) in [5.74, 6) is 1.83. The summed E-state index contributed by atoms with van der Waals surface area (Å²) >= 11 is 0. The molecular weight excluding hydrogens is 258 g/mol. The van der Waals surface area contributed by atoms with Crippen LogP contribution in [0.25, 0.3) is 0 Å². The Morgan fingerprint density at radius 3 is 1.95 bits per heavy atom. The van der Waals surface area contributed by atoms with E-state index in [1.54, 1.807) is 0 Å². The molecule has 0 saturated carbocycles. The predicted octanol–water partition coefficient (Wildman–Crippen LogP) is 2.77. The second kappa shape index (κ2) is 7.94. The Labute approximate surface area is 132 Å². The first-order valence-corrected chi connectivity index (χ1v) is 9.21. The molecule has 2 heterocycles. The molecule has 2 atom stereocenters. The van der Waals surface area contributed by atoms with Crippen LogP contribution in [0.15, 0.2) is 0 Å². The van der Waals surface area contributed by atoms with E-state index in [1.807, 2.05) is 0 Å². The summed E-state index contributed by atoms with van der Waals surface area (Å²) in [4.78, 5) is 8.04. The highest BCUT2D eigenvalue weighted by atomic mass is 15.3. The smallest absolute Gasteiger partial charge is 0.0113 e. The lowest BCUT2D eigenvalue weighted by atomic mass is 9.82. The number of piperidine rings is 1. The van der Waals surface area contributed by atoms with Gasteiger partial charge in [0.1, 0.15) is 0 Å². The summed E-state index contributed by atoms with van der Waals surface area (Å²) in [6, 6.07) is 1.43. The van der Waals surface area contributed by atoms with Crippen LogP contribution in [0.5, 0.6) is 0 Å². The maximum Gasteiger partial charge on any atom is 0.0113 e. The zero-order chi connectivity index (χ0) is 15.4. The molecule has 0 amide bonds. The highest BCUT2D eigenvalue weighted by Gasteiger charge is 2.31. The van der Waals surface area contributed by atoms with Crippen LogP contribution in [0.2, 0.25) is 0 Å². The molecule has 0 aliphatic carbocycles. The Kier molecular flexibility index (Phi) is 6.51. The molecule has 2 fully saturated rings. The van der Waals surface area contributed by atoms with Crippen molar-refractivity contribution in [2.24, 2.45) is 11.8 Å². The minimum atomic E-state index is 0.713. The molecule has 0 N–H and O–H groups in total. The third-order valence-corrected chi connectivity index (χ3v) is 5.81. The molecular formula is C18H37N3. The van der Waals surface area contributed by atoms with Gasteiger partial charge in [-0.25, -0.2) is 0 Å². The van der Waals surface area contributed by atoms with Crippen LogP contribution in [0, 0.1) is 11.8 Å². The number of rotatable bonds is 5. The molecule has 0 radical (unpaired) electrons. The molecule has 0 bridgehead atoms. The third kappa shape index (κ3) is 4.67. The topological polar surface area (TPSA) is 9.72 Å². The van der Waals surface area contributed by atoms with Crippen molar-refractivity contribution in [2.75, 3.05) is 45.8 Å². The minimum Gasteiger partial charge on any atom is -0.301 e. The fourth-order valence-electron chi connectivity index (χ4n) is 4.07. The minimum absolute atomic E-state index is 0.713. The van der Waals surface area contributed by atoms with E-state index in [9.17, 15) is 0 Å². The Morgan fingerprint density at radius 1 is 0.810 bits per heavy atom. The van der Waals surface area contributed by atoms with Crippen LogP contribution in [0.3, 0.4) is 0 Å². The summed E-state index contributed by atoms with van der Waals surface area (Å²) in [5.41, 5.74) is 0. The van der Waals surface area contributed by atoms with Crippen molar-refractivity contribution in [3.05, 3.63) is 0 Å². The van der Waals surface area contributed by atoms with Gasteiger partial charge in [-0.15, -0.1) is 0 Å². The summed E-state index contributed by atoms with van der Waals surface area (Å²) in [7, 11) is 0. The molecule has 3 nitrogen and oxygen atoms in total. The van der Waals surface area contributed by atoms with E-state index in [0.717, 1.165) is 17.9 Å². The standard InChI is InChI=1S/C18H37N3/c1-6-17-14-21(16(4)5)8-7-18(17)13-19-9-11-20(12-10-19)15(2)3/h15-18H,6-14H2,1-5H3. The predicted molar refractivity (Wildman–Crippen MR) is 91.7 cm³/mol. The quantitative estimate of drug-likeness (QED) is 0.772. The van der Waals surface area contributed by atoms with Crippen molar-refractivity contribution in [1.29, 1.82) is 0 Å². The molecule has 124 valence electrons. The Bertz CT molecular complexity index is 295. The van der Waals surface area contributed by atoms with Crippen LogP contribution >= 0.6 is 0 Å². The Morgan fingerprint density at radius 2 is 1.43 bits per heavy atom. The molecule has 0 aromatic carbocycles. The van der Waals surface area contributed by atoms with Gasteiger partial charge in [-0.1, -0.05) is 13.3 Å². The molecule has 0 aromatic rings. The van der Waals surface area contributed by atoms with Crippen molar-refractivity contribution in [1.82, 2.24) is 14.7 Å². The maximum atomic E-state index is 2.73. The third-order valence-electron chi connectivity index (χ3n) is 5.81. The molecule has 2 aliphatic rings. The van der Waals surface area contributed by atoms with Gasteiger partial charge in [0.25, 0.3) is 0 Å². The van der Waals surface area contributed by atoms with Crippen molar-refractivity contribution < 1.29 is 0 Å². The molecule has 0 aromatic heterocycles. The first-order valence-electron chi connectivity index (χ1n) is 9.21. The van der Waals surface area contributed by atoms with Crippen LogP contribution in [-0.2, 0) is 0 Å². The van der Waals surface area contributed by atoms with Crippen molar-refractivity contribution >= 4 is 0 Å². The largest absolute Gasteiger partial charge is 0.301 e. The van der Waals surface area contributed by atoms with E-state index in [4.69, 9.17) is 0 Å². The summed E-state index contributed by atoms with van der Waals surface area (Å²) < 4.78 is 0. The Balaban J connectivity index is 1.80. The highest BCUT2D eigenvalue weighted by molar-refractivity contribution is 4.85. The maximum absolute atomic E-state index is 2.73. The zero-order valence-electron chi connectivity index (χ0n) is 15.0. The van der Waals surface area contributed by atoms with Crippen molar-refractivity contribution in [3.63, 3.8) is 0 Å². The lowest BCUT2D eigenvalue weighted by Crippen LogP contribution is -2.52. The van der Waals surface area contributed by atoms with Crippen molar-refractivity contribution in [2.45, 2.75) is 59.5 Å². The number of piperazine rings is 1. The molecule has 0 spiro atoms. The van der Waals surface area contributed by atoms with E-state index in [2.05, 4.69) is 49.3 Å². The van der Waals surface area contributed by atoms with E-state index in [0.29, 0.717) is 6.04 Å². The van der Waals surface area contributed by atoms with Crippen LogP contribution in [0.1, 0.15) is 47.5 Å². The van der Waals surface area contributed by atoms with Gasteiger partial charge < -0.3 is 9.80 Å². The lowest BCUT2D eigenvalue weighted by molar-refractivity contribution is 0.0452. The monoisotopic (exact) mass is 295 g/mol. The average molecular weight is 296 g/mol. The Hall–Kier alpha value is -0.120. The molecule has 2 rings (SSSR count). The lowest BCUT2D eigenvalue weighted by Gasteiger charge is -2.44. The molecule has 2 unspecified atom stereocenters. The van der Waals surface area contributed by atoms with E-state index >= 15 is 0 Å². The van der Waals surface area contributed by atoms with E-state index in [1.165, 1.54) is 58.7 Å². The highest BCUT2D eigenvalue weighted by Crippen LogP contribution is 2.28. The van der Waals surface area contributed by atoms with Gasteiger partial charge in [0.15, 0.2) is 0 Å². The van der Waals surface area contributed by atoms with Gasteiger partial charge >= 0.3 is 0 Å². The fraction of sp³-hybridized carbons (Fsp3) is 1.00. The van der Waals surface area contributed by atoms with Gasteiger partial charge in [0.2, 0.25) is 0 Å². The fourth-order valence-corrected chi connectivity index (χ4v) is 4.07. The van der Waals surface area contributed by atoms with Crippen LogP contribution in [-0.4, -0.2) is 72.6 Å². The van der Waals surface area contributed by atoms with Gasteiger partial charge in [0, 0.05) is 51.4 Å². The number of hydrogen-bond acceptors (Lipinski definition) is 3. The van der Waals surface area contributed by atoms with Crippen LogP contribution < -0.4 is 0 Å². The van der Waals surface area contributed by atoms with Crippen molar-refractivity contribution in [3.8, 4) is 0 Å². The molecule has 2 aliphatic heterocycles. The molecule has 3 heteroatoms. The first kappa shape index (κ1) is 17.2. The van der Waals surface area contributed by atoms with Gasteiger partial charge in [-0.3, -0.25) is 4.90 Å². The molecule has 2 saturated heterocycles. The average Bonchev–Trinajstić information content (AvgIpc) is 2.48.